The van der Waals surface area contributed by atoms with E-state index >= 15 is 0 Å². The minimum Gasteiger partial charge on any atom is -0.387 e. The van der Waals surface area contributed by atoms with Crippen molar-refractivity contribution in [3.05, 3.63) is 22.7 Å². The summed E-state index contributed by atoms with van der Waals surface area (Å²) in [5, 5.41) is 6.17. The van der Waals surface area contributed by atoms with Crippen LogP contribution in [0.25, 0.3) is 0 Å². The number of benzene rings is 1. The highest BCUT2D eigenvalue weighted by Crippen LogP contribution is 2.29. The highest BCUT2D eigenvalue weighted by atomic mass is 79.9. The summed E-state index contributed by atoms with van der Waals surface area (Å²) in [5.41, 5.74) is 2.19. The Labute approximate surface area is 75.1 Å². The van der Waals surface area contributed by atoms with Gasteiger partial charge in [-0.3, -0.25) is 0 Å². The summed E-state index contributed by atoms with van der Waals surface area (Å²) >= 11 is 3.48. The van der Waals surface area contributed by atoms with E-state index < -0.39 is 0 Å². The van der Waals surface area contributed by atoms with Gasteiger partial charge in [0.25, 0.3) is 0 Å². The molecule has 1 aromatic carbocycles. The maximum absolute atomic E-state index is 3.48. The van der Waals surface area contributed by atoms with Gasteiger partial charge in [-0.15, -0.1) is 0 Å². The lowest BCUT2D eigenvalue weighted by Gasteiger charge is -2.07. The zero-order chi connectivity index (χ0) is 8.27. The van der Waals surface area contributed by atoms with Crippen LogP contribution in [0.3, 0.4) is 0 Å². The molecule has 0 saturated heterocycles. The number of nitrogens with one attached hydrogen (secondary N) is 2. The minimum atomic E-state index is 1.07. The van der Waals surface area contributed by atoms with Crippen LogP contribution in [0.4, 0.5) is 11.4 Å². The molecular weight excluding hydrogens is 204 g/mol. The molecule has 1 rings (SSSR count). The second kappa shape index (κ2) is 3.62. The second-order valence-electron chi connectivity index (χ2n) is 2.17. The number of hydrogen-bond acceptors (Lipinski definition) is 2. The Morgan fingerprint density at radius 1 is 1.09 bits per heavy atom. The molecule has 0 saturated carbocycles. The van der Waals surface area contributed by atoms with Gasteiger partial charge in [0.05, 0.1) is 15.8 Å². The van der Waals surface area contributed by atoms with Gasteiger partial charge < -0.3 is 10.6 Å². The zero-order valence-corrected chi connectivity index (χ0v) is 8.20. The third kappa shape index (κ3) is 1.66. The predicted molar refractivity (Wildman–Crippen MR) is 53.2 cm³/mol. The average molecular weight is 215 g/mol. The van der Waals surface area contributed by atoms with Crippen molar-refractivity contribution in [2.75, 3.05) is 24.7 Å². The van der Waals surface area contributed by atoms with E-state index in [4.69, 9.17) is 0 Å². The molecule has 2 nitrogen and oxygen atoms in total. The van der Waals surface area contributed by atoms with Crippen molar-refractivity contribution in [3.8, 4) is 0 Å². The molecular formula is C8H11BrN2. The lowest BCUT2D eigenvalue weighted by Crippen LogP contribution is -1.94. The number of halogens is 1. The number of rotatable bonds is 2. The molecule has 0 heterocycles. The molecule has 0 radical (unpaired) electrons. The van der Waals surface area contributed by atoms with Crippen molar-refractivity contribution < 1.29 is 0 Å². The fourth-order valence-corrected chi connectivity index (χ4v) is 1.58. The first-order chi connectivity index (χ1) is 5.29. The minimum absolute atomic E-state index is 1.07. The Morgan fingerprint density at radius 3 is 1.91 bits per heavy atom. The first kappa shape index (κ1) is 8.40. The Morgan fingerprint density at radius 2 is 1.55 bits per heavy atom. The van der Waals surface area contributed by atoms with E-state index in [1.165, 1.54) is 0 Å². The highest BCUT2D eigenvalue weighted by molar-refractivity contribution is 9.10. The van der Waals surface area contributed by atoms with Crippen LogP contribution in [0, 0.1) is 0 Å². The van der Waals surface area contributed by atoms with Gasteiger partial charge >= 0.3 is 0 Å². The van der Waals surface area contributed by atoms with Gasteiger partial charge in [0, 0.05) is 14.1 Å². The molecule has 0 spiro atoms. The normalized spacial score (nSPS) is 9.36. The Hall–Kier alpha value is -0.700. The Balaban J connectivity index is 3.10. The summed E-state index contributed by atoms with van der Waals surface area (Å²) in [6.07, 6.45) is 0. The topological polar surface area (TPSA) is 24.1 Å². The first-order valence-electron chi connectivity index (χ1n) is 3.43. The van der Waals surface area contributed by atoms with Crippen LogP contribution in [0.5, 0.6) is 0 Å². The van der Waals surface area contributed by atoms with Crippen LogP contribution in [-0.2, 0) is 0 Å². The molecule has 11 heavy (non-hydrogen) atoms. The Bertz CT molecular complexity index is 226. The largest absolute Gasteiger partial charge is 0.387 e. The standard InChI is InChI=1S/C8H11BrN2/c1-10-6-4-3-5-7(11-2)8(6)9/h3-5,10-11H,1-2H3. The molecule has 60 valence electrons. The van der Waals surface area contributed by atoms with Gasteiger partial charge in [-0.2, -0.15) is 0 Å². The summed E-state index contributed by atoms with van der Waals surface area (Å²) in [5.74, 6) is 0. The molecule has 0 aromatic heterocycles. The van der Waals surface area contributed by atoms with Crippen LogP contribution in [0.2, 0.25) is 0 Å². The van der Waals surface area contributed by atoms with E-state index in [0.717, 1.165) is 15.8 Å². The third-order valence-electron chi connectivity index (χ3n) is 1.54. The van der Waals surface area contributed by atoms with Crippen molar-refractivity contribution in [1.29, 1.82) is 0 Å². The third-order valence-corrected chi connectivity index (χ3v) is 2.39. The van der Waals surface area contributed by atoms with Gasteiger partial charge in [0.1, 0.15) is 0 Å². The fraction of sp³-hybridized carbons (Fsp3) is 0.250. The van der Waals surface area contributed by atoms with Crippen LogP contribution >= 0.6 is 15.9 Å². The number of hydrogen-bond donors (Lipinski definition) is 2. The van der Waals surface area contributed by atoms with E-state index in [-0.39, 0.29) is 0 Å². The zero-order valence-electron chi connectivity index (χ0n) is 6.61. The molecule has 0 aliphatic heterocycles. The molecule has 0 bridgehead atoms. The van der Waals surface area contributed by atoms with Gasteiger partial charge in [-0.1, -0.05) is 6.07 Å². The van der Waals surface area contributed by atoms with Crippen LogP contribution in [0.1, 0.15) is 0 Å². The quantitative estimate of drug-likeness (QED) is 0.792. The van der Waals surface area contributed by atoms with E-state index in [2.05, 4.69) is 26.6 Å². The molecule has 0 amide bonds. The summed E-state index contributed by atoms with van der Waals surface area (Å²) in [6, 6.07) is 6.04. The maximum Gasteiger partial charge on any atom is 0.0638 e. The fourth-order valence-electron chi connectivity index (χ4n) is 0.918. The van der Waals surface area contributed by atoms with Crippen molar-refractivity contribution in [3.63, 3.8) is 0 Å². The second-order valence-corrected chi connectivity index (χ2v) is 2.96. The van der Waals surface area contributed by atoms with Gasteiger partial charge in [-0.25, -0.2) is 0 Å². The summed E-state index contributed by atoms with van der Waals surface area (Å²) in [6.45, 7) is 0. The number of anilines is 2. The smallest absolute Gasteiger partial charge is 0.0638 e. The average Bonchev–Trinajstić information content (AvgIpc) is 2.05. The van der Waals surface area contributed by atoms with Crippen molar-refractivity contribution in [1.82, 2.24) is 0 Å². The summed E-state index contributed by atoms with van der Waals surface area (Å²) in [7, 11) is 3.80. The Kier molecular flexibility index (Phi) is 2.76. The van der Waals surface area contributed by atoms with E-state index in [1.54, 1.807) is 0 Å². The SMILES string of the molecule is CNc1cccc(NC)c1Br. The predicted octanol–water partition coefficient (Wildman–Crippen LogP) is 2.53. The lowest BCUT2D eigenvalue weighted by atomic mass is 10.3. The van der Waals surface area contributed by atoms with E-state index in [1.807, 2.05) is 32.3 Å². The van der Waals surface area contributed by atoms with E-state index in [0.29, 0.717) is 0 Å². The molecule has 0 aliphatic carbocycles. The lowest BCUT2D eigenvalue weighted by molar-refractivity contribution is 1.44. The molecule has 2 N–H and O–H groups in total. The van der Waals surface area contributed by atoms with Crippen LogP contribution < -0.4 is 10.6 Å². The van der Waals surface area contributed by atoms with E-state index in [9.17, 15) is 0 Å². The van der Waals surface area contributed by atoms with Crippen molar-refractivity contribution >= 4 is 27.3 Å². The maximum atomic E-state index is 3.48. The molecule has 0 unspecified atom stereocenters. The first-order valence-corrected chi connectivity index (χ1v) is 4.23. The van der Waals surface area contributed by atoms with Gasteiger partial charge in [-0.05, 0) is 28.1 Å². The highest BCUT2D eigenvalue weighted by Gasteiger charge is 2.00. The van der Waals surface area contributed by atoms with Crippen molar-refractivity contribution in [2.45, 2.75) is 0 Å². The molecule has 0 atom stereocenters. The van der Waals surface area contributed by atoms with Crippen LogP contribution in [0.15, 0.2) is 22.7 Å². The van der Waals surface area contributed by atoms with Crippen LogP contribution in [-0.4, -0.2) is 14.1 Å². The molecule has 0 aliphatic rings. The van der Waals surface area contributed by atoms with Crippen molar-refractivity contribution in [2.24, 2.45) is 0 Å². The van der Waals surface area contributed by atoms with Gasteiger partial charge in [0.2, 0.25) is 0 Å². The molecule has 0 fully saturated rings. The molecule has 3 heteroatoms. The summed E-state index contributed by atoms with van der Waals surface area (Å²) < 4.78 is 1.07. The monoisotopic (exact) mass is 214 g/mol. The summed E-state index contributed by atoms with van der Waals surface area (Å²) in [4.78, 5) is 0. The van der Waals surface area contributed by atoms with Gasteiger partial charge in [0.15, 0.2) is 0 Å². The molecule has 1 aromatic rings.